The number of nitrogens with zero attached hydrogens (tertiary/aromatic N) is 1. The Morgan fingerprint density at radius 1 is 0.852 bits per heavy atom. The lowest BCUT2D eigenvalue weighted by Gasteiger charge is -2.34. The standard InChI is InChI=1S/C24H31F2N/c1-2-15-27(17-14-19-7-4-3-5-8-19)16-6-9-20-10-12-21(13-11-20)22-18-23(25)24(22)26/h3-5,7-8,10-13,22-24H,2,6,9,14-18H2,1H3. The van der Waals surface area contributed by atoms with Crippen molar-refractivity contribution in [1.82, 2.24) is 4.90 Å². The second-order valence-electron chi connectivity index (χ2n) is 7.72. The van der Waals surface area contributed by atoms with Gasteiger partial charge in [-0.3, -0.25) is 0 Å². The molecule has 3 heteroatoms. The minimum Gasteiger partial charge on any atom is -0.303 e. The van der Waals surface area contributed by atoms with E-state index in [1.54, 1.807) is 0 Å². The van der Waals surface area contributed by atoms with E-state index in [2.05, 4.69) is 54.3 Å². The van der Waals surface area contributed by atoms with Crippen LogP contribution in [-0.4, -0.2) is 36.9 Å². The lowest BCUT2D eigenvalue weighted by atomic mass is 9.76. The Labute approximate surface area is 162 Å². The Kier molecular flexibility index (Phi) is 7.40. The van der Waals surface area contributed by atoms with Crippen molar-refractivity contribution in [2.75, 3.05) is 19.6 Å². The molecule has 0 aliphatic heterocycles. The molecule has 3 unspecified atom stereocenters. The quantitative estimate of drug-likeness (QED) is 0.515. The van der Waals surface area contributed by atoms with E-state index < -0.39 is 12.3 Å². The van der Waals surface area contributed by atoms with E-state index in [-0.39, 0.29) is 5.92 Å². The van der Waals surface area contributed by atoms with Crippen LogP contribution in [0.4, 0.5) is 8.78 Å². The Bertz CT molecular complexity index is 671. The van der Waals surface area contributed by atoms with Gasteiger partial charge in [-0.25, -0.2) is 8.78 Å². The zero-order valence-electron chi connectivity index (χ0n) is 16.3. The smallest absolute Gasteiger partial charge is 0.138 e. The first kappa shape index (κ1) is 20.0. The van der Waals surface area contributed by atoms with Crippen LogP contribution in [0.5, 0.6) is 0 Å². The van der Waals surface area contributed by atoms with E-state index in [1.807, 2.05) is 12.1 Å². The summed E-state index contributed by atoms with van der Waals surface area (Å²) >= 11 is 0. The first-order chi connectivity index (χ1) is 13.2. The number of aryl methyl sites for hydroxylation is 1. The zero-order valence-corrected chi connectivity index (χ0v) is 16.3. The average molecular weight is 372 g/mol. The number of benzene rings is 2. The first-order valence-corrected chi connectivity index (χ1v) is 10.3. The van der Waals surface area contributed by atoms with Gasteiger partial charge in [-0.1, -0.05) is 61.5 Å². The Morgan fingerprint density at radius 3 is 2.19 bits per heavy atom. The fourth-order valence-electron chi connectivity index (χ4n) is 3.90. The predicted octanol–water partition coefficient (Wildman–Crippen LogP) is 5.74. The average Bonchev–Trinajstić information content (AvgIpc) is 2.71. The molecule has 0 radical (unpaired) electrons. The van der Waals surface area contributed by atoms with Gasteiger partial charge in [0.2, 0.25) is 0 Å². The van der Waals surface area contributed by atoms with Gasteiger partial charge in [-0.05, 0) is 61.9 Å². The molecule has 3 atom stereocenters. The van der Waals surface area contributed by atoms with Crippen LogP contribution in [0.1, 0.15) is 48.8 Å². The van der Waals surface area contributed by atoms with Gasteiger partial charge in [-0.2, -0.15) is 0 Å². The highest BCUT2D eigenvalue weighted by atomic mass is 19.2. The Balaban J connectivity index is 1.42. The van der Waals surface area contributed by atoms with Crippen LogP contribution in [0, 0.1) is 0 Å². The summed E-state index contributed by atoms with van der Waals surface area (Å²) in [5.41, 5.74) is 3.62. The Hall–Kier alpha value is -1.74. The lowest BCUT2D eigenvalue weighted by Crippen LogP contribution is -2.38. The summed E-state index contributed by atoms with van der Waals surface area (Å²) in [6.45, 7) is 5.56. The highest BCUT2D eigenvalue weighted by Gasteiger charge is 2.42. The Morgan fingerprint density at radius 2 is 1.56 bits per heavy atom. The van der Waals surface area contributed by atoms with Crippen LogP contribution in [0.15, 0.2) is 54.6 Å². The van der Waals surface area contributed by atoms with E-state index in [9.17, 15) is 8.78 Å². The zero-order chi connectivity index (χ0) is 19.1. The summed E-state index contributed by atoms with van der Waals surface area (Å²) in [6.07, 6.45) is 2.16. The minimum absolute atomic E-state index is 0.243. The summed E-state index contributed by atoms with van der Waals surface area (Å²) < 4.78 is 26.6. The number of hydrogen-bond donors (Lipinski definition) is 0. The van der Waals surface area contributed by atoms with Gasteiger partial charge < -0.3 is 4.90 Å². The highest BCUT2D eigenvalue weighted by molar-refractivity contribution is 5.29. The van der Waals surface area contributed by atoms with Crippen molar-refractivity contribution < 1.29 is 8.78 Å². The topological polar surface area (TPSA) is 3.24 Å². The molecule has 1 nitrogen and oxygen atoms in total. The number of halogens is 2. The normalized spacial score (nSPS) is 22.0. The second kappa shape index (κ2) is 9.98. The number of alkyl halides is 2. The second-order valence-corrected chi connectivity index (χ2v) is 7.72. The molecule has 0 amide bonds. The molecule has 3 rings (SSSR count). The number of hydrogen-bond acceptors (Lipinski definition) is 1. The molecule has 0 N–H and O–H groups in total. The van der Waals surface area contributed by atoms with Crippen molar-refractivity contribution in [1.29, 1.82) is 0 Å². The van der Waals surface area contributed by atoms with Crippen molar-refractivity contribution in [2.24, 2.45) is 0 Å². The molecule has 1 saturated carbocycles. The molecule has 27 heavy (non-hydrogen) atoms. The van der Waals surface area contributed by atoms with Crippen LogP contribution in [0.2, 0.25) is 0 Å². The summed E-state index contributed by atoms with van der Waals surface area (Å²) in [4.78, 5) is 2.55. The molecule has 0 saturated heterocycles. The molecular weight excluding hydrogens is 340 g/mol. The van der Waals surface area contributed by atoms with Gasteiger partial charge in [0, 0.05) is 12.5 Å². The maximum Gasteiger partial charge on any atom is 0.138 e. The van der Waals surface area contributed by atoms with E-state index in [0.29, 0.717) is 6.42 Å². The molecule has 0 aromatic heterocycles. The summed E-state index contributed by atoms with van der Waals surface area (Å²) in [7, 11) is 0. The fourth-order valence-corrected chi connectivity index (χ4v) is 3.90. The molecular formula is C24H31F2N. The molecule has 1 fully saturated rings. The van der Waals surface area contributed by atoms with Gasteiger partial charge in [0.05, 0.1) is 0 Å². The van der Waals surface area contributed by atoms with E-state index in [0.717, 1.165) is 44.5 Å². The molecule has 1 aliphatic rings. The monoisotopic (exact) mass is 371 g/mol. The van der Waals surface area contributed by atoms with Gasteiger partial charge in [-0.15, -0.1) is 0 Å². The highest BCUT2D eigenvalue weighted by Crippen LogP contribution is 2.41. The van der Waals surface area contributed by atoms with Crippen molar-refractivity contribution in [3.05, 3.63) is 71.3 Å². The van der Waals surface area contributed by atoms with E-state index in [1.165, 1.54) is 17.5 Å². The third-order valence-electron chi connectivity index (χ3n) is 5.66. The molecule has 0 bridgehead atoms. The van der Waals surface area contributed by atoms with Crippen LogP contribution in [0.25, 0.3) is 0 Å². The van der Waals surface area contributed by atoms with E-state index >= 15 is 0 Å². The van der Waals surface area contributed by atoms with Crippen molar-refractivity contribution in [2.45, 2.75) is 57.3 Å². The lowest BCUT2D eigenvalue weighted by molar-refractivity contribution is 0.0428. The third-order valence-corrected chi connectivity index (χ3v) is 5.66. The van der Waals surface area contributed by atoms with Gasteiger partial charge in [0.25, 0.3) is 0 Å². The number of rotatable bonds is 10. The van der Waals surface area contributed by atoms with Crippen molar-refractivity contribution in [3.63, 3.8) is 0 Å². The third kappa shape index (κ3) is 5.62. The predicted molar refractivity (Wildman–Crippen MR) is 109 cm³/mol. The maximum absolute atomic E-state index is 13.5. The summed E-state index contributed by atoms with van der Waals surface area (Å²) in [5.74, 6) is -0.243. The molecule has 2 aromatic carbocycles. The fraction of sp³-hybridized carbons (Fsp3) is 0.500. The molecule has 0 heterocycles. The molecule has 1 aliphatic carbocycles. The van der Waals surface area contributed by atoms with E-state index in [4.69, 9.17) is 0 Å². The molecule has 146 valence electrons. The van der Waals surface area contributed by atoms with Crippen LogP contribution in [0.3, 0.4) is 0 Å². The van der Waals surface area contributed by atoms with Crippen molar-refractivity contribution >= 4 is 0 Å². The summed E-state index contributed by atoms with van der Waals surface area (Å²) in [6, 6.07) is 18.8. The van der Waals surface area contributed by atoms with Gasteiger partial charge in [0.1, 0.15) is 12.3 Å². The molecule has 2 aromatic rings. The molecule has 0 spiro atoms. The van der Waals surface area contributed by atoms with Crippen LogP contribution >= 0.6 is 0 Å². The van der Waals surface area contributed by atoms with Crippen LogP contribution < -0.4 is 0 Å². The van der Waals surface area contributed by atoms with Gasteiger partial charge >= 0.3 is 0 Å². The summed E-state index contributed by atoms with van der Waals surface area (Å²) in [5, 5.41) is 0. The van der Waals surface area contributed by atoms with Gasteiger partial charge in [0.15, 0.2) is 0 Å². The first-order valence-electron chi connectivity index (χ1n) is 10.3. The minimum atomic E-state index is -1.32. The SMILES string of the molecule is CCCN(CCCc1ccc(C2CC(F)C2F)cc1)CCc1ccccc1. The largest absolute Gasteiger partial charge is 0.303 e. The van der Waals surface area contributed by atoms with Crippen molar-refractivity contribution in [3.8, 4) is 0 Å². The maximum atomic E-state index is 13.5. The van der Waals surface area contributed by atoms with Crippen LogP contribution in [-0.2, 0) is 12.8 Å².